The monoisotopic (exact) mass is 285 g/mol. The smallest absolute Gasteiger partial charge is 0.416 e. The van der Waals surface area contributed by atoms with Crippen LogP contribution in [0.5, 0.6) is 5.75 Å². The molecule has 0 aliphatic rings. The Bertz CT molecular complexity index is 682. The summed E-state index contributed by atoms with van der Waals surface area (Å²) in [6, 6.07) is 4.12. The Morgan fingerprint density at radius 2 is 1.70 bits per heavy atom. The lowest BCUT2D eigenvalue weighted by atomic mass is 10.1. The summed E-state index contributed by atoms with van der Waals surface area (Å²) in [5.41, 5.74) is -2.03. The summed E-state index contributed by atoms with van der Waals surface area (Å²) in [6.07, 6.45) is -4.42. The van der Waals surface area contributed by atoms with Gasteiger partial charge in [0.25, 0.3) is 10.9 Å². The lowest BCUT2D eigenvalue weighted by Gasteiger charge is -2.13. The first-order valence-electron chi connectivity index (χ1n) is 5.75. The molecule has 0 aliphatic heterocycles. The van der Waals surface area contributed by atoms with Crippen LogP contribution in [-0.2, 0) is 6.18 Å². The van der Waals surface area contributed by atoms with Crippen LogP contribution < -0.4 is 20.9 Å². The van der Waals surface area contributed by atoms with Crippen LogP contribution in [0.2, 0.25) is 0 Å². The molecule has 0 saturated carbocycles. The molecule has 0 heterocycles. The normalized spacial score (nSPS) is 11.6. The third-order valence-corrected chi connectivity index (χ3v) is 2.64. The summed E-state index contributed by atoms with van der Waals surface area (Å²) >= 11 is 0. The zero-order chi connectivity index (χ0) is 14.9. The Balaban J connectivity index is 2.21. The largest absolute Gasteiger partial charge is 0.488 e. The molecule has 106 valence electrons. The van der Waals surface area contributed by atoms with Gasteiger partial charge in [0.15, 0.2) is 5.75 Å². The molecular formula is C13H10F3NO3. The van der Waals surface area contributed by atoms with E-state index in [0.717, 1.165) is 12.1 Å². The van der Waals surface area contributed by atoms with Crippen LogP contribution >= 0.6 is 0 Å². The fraction of sp³-hybridized carbons (Fsp3) is 0.231. The minimum absolute atomic E-state index is 0.0309. The molecule has 0 amide bonds. The Morgan fingerprint density at radius 3 is 2.20 bits per heavy atom. The van der Waals surface area contributed by atoms with Gasteiger partial charge < -0.3 is 10.1 Å². The topological polar surface area (TPSA) is 55.4 Å². The van der Waals surface area contributed by atoms with Gasteiger partial charge in [-0.05, 0) is 31.2 Å². The molecule has 2 rings (SSSR count). The van der Waals surface area contributed by atoms with Crippen LogP contribution in [0.15, 0.2) is 33.9 Å². The van der Waals surface area contributed by atoms with Gasteiger partial charge in [-0.1, -0.05) is 0 Å². The highest BCUT2D eigenvalue weighted by Crippen LogP contribution is 2.30. The predicted octanol–water partition coefficient (Wildman–Crippen LogP) is 2.44. The first kappa shape index (κ1) is 14.1. The van der Waals surface area contributed by atoms with E-state index in [9.17, 15) is 22.8 Å². The quantitative estimate of drug-likeness (QED) is 0.877. The van der Waals surface area contributed by atoms with E-state index in [-0.39, 0.29) is 23.7 Å². The lowest BCUT2D eigenvalue weighted by Crippen LogP contribution is -2.35. The minimum atomic E-state index is -4.42. The molecule has 0 saturated heterocycles. The molecule has 7 heteroatoms. The van der Waals surface area contributed by atoms with Gasteiger partial charge >= 0.3 is 6.18 Å². The lowest BCUT2D eigenvalue weighted by molar-refractivity contribution is -0.137. The molecule has 1 N–H and O–H groups in total. The van der Waals surface area contributed by atoms with Crippen LogP contribution in [-0.4, -0.2) is 6.61 Å². The van der Waals surface area contributed by atoms with Crippen LogP contribution in [0.1, 0.15) is 12.5 Å². The summed E-state index contributed by atoms with van der Waals surface area (Å²) in [5, 5.41) is 2.59. The van der Waals surface area contributed by atoms with E-state index in [4.69, 9.17) is 4.74 Å². The number of halogens is 3. The Kier molecular flexibility index (Phi) is 3.52. The van der Waals surface area contributed by atoms with Gasteiger partial charge in [0.05, 0.1) is 12.2 Å². The highest BCUT2D eigenvalue weighted by atomic mass is 19.4. The summed E-state index contributed by atoms with van der Waals surface area (Å²) in [4.78, 5) is 22.6. The molecule has 0 radical (unpaired) electrons. The van der Waals surface area contributed by atoms with Gasteiger partial charge in [-0.2, -0.15) is 13.2 Å². The van der Waals surface area contributed by atoms with E-state index in [2.05, 4.69) is 5.32 Å². The number of rotatable bonds is 4. The molecule has 2 aromatic rings. The van der Waals surface area contributed by atoms with Crippen molar-refractivity contribution in [3.63, 3.8) is 0 Å². The van der Waals surface area contributed by atoms with E-state index in [1.165, 1.54) is 12.1 Å². The van der Waals surface area contributed by atoms with E-state index in [0.29, 0.717) is 0 Å². The zero-order valence-electron chi connectivity index (χ0n) is 10.4. The van der Waals surface area contributed by atoms with Crippen molar-refractivity contribution in [2.45, 2.75) is 13.1 Å². The van der Waals surface area contributed by atoms with Crippen LogP contribution in [0, 0.1) is 0 Å². The van der Waals surface area contributed by atoms with E-state index in [1.54, 1.807) is 6.92 Å². The molecule has 4 nitrogen and oxygen atoms in total. The standard InChI is InChI=1S/C13H10F3NO3/c1-2-20-12-9(10(18)11(12)19)17-8-5-3-7(4-6-8)13(14,15)16/h3-6,17H,2H2,1H3. The Labute approximate surface area is 111 Å². The molecular weight excluding hydrogens is 275 g/mol. The van der Waals surface area contributed by atoms with Crippen molar-refractivity contribution < 1.29 is 17.9 Å². The molecule has 20 heavy (non-hydrogen) atoms. The average molecular weight is 285 g/mol. The van der Waals surface area contributed by atoms with E-state index < -0.39 is 22.6 Å². The fourth-order valence-electron chi connectivity index (χ4n) is 1.65. The number of ether oxygens (including phenoxy) is 1. The number of anilines is 2. The third-order valence-electron chi connectivity index (χ3n) is 2.64. The first-order valence-corrected chi connectivity index (χ1v) is 5.75. The Hall–Kier alpha value is -2.31. The molecule has 0 atom stereocenters. The maximum absolute atomic E-state index is 12.4. The number of nitrogens with one attached hydrogen (secondary N) is 1. The second-order valence-electron chi connectivity index (χ2n) is 4.00. The molecule has 0 fully saturated rings. The highest BCUT2D eigenvalue weighted by Gasteiger charge is 2.30. The predicted molar refractivity (Wildman–Crippen MR) is 67.2 cm³/mol. The number of benzene rings is 1. The Morgan fingerprint density at radius 1 is 1.10 bits per heavy atom. The summed E-state index contributed by atoms with van der Waals surface area (Å²) < 4.78 is 42.2. The fourth-order valence-corrected chi connectivity index (χ4v) is 1.65. The van der Waals surface area contributed by atoms with Crippen molar-refractivity contribution in [1.82, 2.24) is 0 Å². The third kappa shape index (κ3) is 2.52. The molecule has 0 unspecified atom stereocenters. The SMILES string of the molecule is CCOc1c(Nc2ccc(C(F)(F)F)cc2)c(=O)c1=O. The van der Waals surface area contributed by atoms with Crippen molar-refractivity contribution in [3.05, 3.63) is 50.3 Å². The van der Waals surface area contributed by atoms with E-state index in [1.807, 2.05) is 0 Å². The maximum atomic E-state index is 12.4. The average Bonchev–Trinajstić information content (AvgIpc) is 2.42. The zero-order valence-corrected chi connectivity index (χ0v) is 10.4. The van der Waals surface area contributed by atoms with Gasteiger partial charge in [-0.3, -0.25) is 9.59 Å². The van der Waals surface area contributed by atoms with Gasteiger partial charge in [0.1, 0.15) is 5.69 Å². The first-order chi connectivity index (χ1) is 9.34. The summed E-state index contributed by atoms with van der Waals surface area (Å²) in [7, 11) is 0. The summed E-state index contributed by atoms with van der Waals surface area (Å²) in [6.45, 7) is 1.87. The number of hydrogen-bond donors (Lipinski definition) is 1. The highest BCUT2D eigenvalue weighted by molar-refractivity contribution is 5.69. The molecule has 2 aromatic carbocycles. The number of hydrogen-bond acceptors (Lipinski definition) is 4. The van der Waals surface area contributed by atoms with Gasteiger partial charge in [0, 0.05) is 5.69 Å². The van der Waals surface area contributed by atoms with Crippen molar-refractivity contribution in [2.75, 3.05) is 11.9 Å². The van der Waals surface area contributed by atoms with Crippen molar-refractivity contribution in [2.24, 2.45) is 0 Å². The van der Waals surface area contributed by atoms with Gasteiger partial charge in [0.2, 0.25) is 0 Å². The van der Waals surface area contributed by atoms with Crippen LogP contribution in [0.25, 0.3) is 0 Å². The van der Waals surface area contributed by atoms with Gasteiger partial charge in [-0.25, -0.2) is 0 Å². The van der Waals surface area contributed by atoms with Crippen molar-refractivity contribution in [3.8, 4) is 5.75 Å². The van der Waals surface area contributed by atoms with Crippen LogP contribution in [0.3, 0.4) is 0 Å². The van der Waals surface area contributed by atoms with Crippen LogP contribution in [0.4, 0.5) is 24.5 Å². The second-order valence-corrected chi connectivity index (χ2v) is 4.00. The molecule has 0 aromatic heterocycles. The van der Waals surface area contributed by atoms with Gasteiger partial charge in [-0.15, -0.1) is 0 Å². The maximum Gasteiger partial charge on any atom is 0.416 e. The number of alkyl halides is 3. The van der Waals surface area contributed by atoms with E-state index >= 15 is 0 Å². The minimum Gasteiger partial charge on any atom is -0.488 e. The molecule has 0 bridgehead atoms. The summed E-state index contributed by atoms with van der Waals surface area (Å²) in [5.74, 6) is -0.0857. The van der Waals surface area contributed by atoms with Crippen molar-refractivity contribution in [1.29, 1.82) is 0 Å². The van der Waals surface area contributed by atoms with Crippen molar-refractivity contribution >= 4 is 11.4 Å². The second kappa shape index (κ2) is 4.99. The molecule has 0 spiro atoms. The molecule has 0 aliphatic carbocycles.